The summed E-state index contributed by atoms with van der Waals surface area (Å²) < 4.78 is 2.61. The molecule has 2 heterocycles. The van der Waals surface area contributed by atoms with E-state index in [-0.39, 0.29) is 0 Å². The maximum absolute atomic E-state index is 2.61. The highest BCUT2D eigenvalue weighted by Crippen LogP contribution is 2.43. The van der Waals surface area contributed by atoms with Crippen LogP contribution >= 0.6 is 0 Å². The van der Waals surface area contributed by atoms with Crippen LogP contribution in [0.4, 0.5) is 17.1 Å². The Kier molecular flexibility index (Phi) is 6.80. The van der Waals surface area contributed by atoms with E-state index in [4.69, 9.17) is 0 Å². The van der Waals surface area contributed by atoms with Crippen LogP contribution in [0, 0.1) is 0 Å². The van der Waals surface area contributed by atoms with Crippen LogP contribution in [0.15, 0.2) is 158 Å². The number of aromatic nitrogens is 1. The Hall–Kier alpha value is -6.12. The zero-order valence-electron chi connectivity index (χ0n) is 27.9. The van der Waals surface area contributed by atoms with Crippen molar-refractivity contribution in [2.75, 3.05) is 4.90 Å². The highest BCUT2D eigenvalue weighted by molar-refractivity contribution is 6.09. The summed E-state index contributed by atoms with van der Waals surface area (Å²) in [7, 11) is 0. The highest BCUT2D eigenvalue weighted by Gasteiger charge is 2.25. The number of anilines is 3. The minimum absolute atomic E-state index is 1.12. The minimum atomic E-state index is 1.12. The monoisotopic (exact) mass is 640 g/mol. The molecule has 0 radical (unpaired) electrons. The van der Waals surface area contributed by atoms with E-state index >= 15 is 0 Å². The standard InChI is InChI=1S/C48H36N2/c1-3-11-39(12-4-1)49(40-13-5-2-6-14-40)41-29-27-36(28-30-41)35-21-19-33(20-22-35)34-23-25-37(26-24-34)38-31-44-42-15-7-9-17-46(42)50-47-18-10-8-16-43(47)45(32-38)48(44)50/h1-8,11-16,19-32H,9-10,17-18H2. The van der Waals surface area contributed by atoms with Crippen molar-refractivity contribution in [3.05, 3.63) is 180 Å². The summed E-state index contributed by atoms with van der Waals surface area (Å²) in [5.74, 6) is 0. The van der Waals surface area contributed by atoms with Crippen molar-refractivity contribution in [3.8, 4) is 33.4 Å². The number of rotatable bonds is 6. The molecule has 50 heavy (non-hydrogen) atoms. The Morgan fingerprint density at radius 1 is 0.400 bits per heavy atom. The van der Waals surface area contributed by atoms with Crippen LogP contribution in [0.25, 0.3) is 61.8 Å². The van der Waals surface area contributed by atoms with Crippen LogP contribution in [0.2, 0.25) is 0 Å². The summed E-state index contributed by atoms with van der Waals surface area (Å²) in [4.78, 5) is 2.30. The van der Waals surface area contributed by atoms with Crippen LogP contribution < -0.4 is 4.90 Å². The molecular weight excluding hydrogens is 605 g/mol. The van der Waals surface area contributed by atoms with Crippen LogP contribution in [-0.2, 0) is 12.8 Å². The van der Waals surface area contributed by atoms with Crippen LogP contribution in [0.1, 0.15) is 35.4 Å². The van der Waals surface area contributed by atoms with E-state index in [1.54, 1.807) is 0 Å². The van der Waals surface area contributed by atoms with Gasteiger partial charge in [-0.2, -0.15) is 0 Å². The van der Waals surface area contributed by atoms with Gasteiger partial charge in [-0.15, -0.1) is 0 Å². The SMILES string of the molecule is C1=Cc2c(n3c4c(c5cc(-c6ccc(-c7ccc(-c8ccc(N(c9ccccc9)c9ccccc9)cc8)cc7)cc6)cc2c53)C=CCC4)CC1. The van der Waals surface area contributed by atoms with Crippen molar-refractivity contribution in [1.29, 1.82) is 0 Å². The van der Waals surface area contributed by atoms with E-state index in [1.165, 1.54) is 72.2 Å². The van der Waals surface area contributed by atoms with Gasteiger partial charge < -0.3 is 9.30 Å². The van der Waals surface area contributed by atoms with Gasteiger partial charge in [0, 0.05) is 50.3 Å². The third kappa shape index (κ3) is 4.71. The second-order valence-corrected chi connectivity index (χ2v) is 13.6. The van der Waals surface area contributed by atoms with Gasteiger partial charge in [0.05, 0.1) is 5.52 Å². The lowest BCUT2D eigenvalue weighted by Gasteiger charge is -2.25. The molecule has 2 nitrogen and oxygen atoms in total. The first-order valence-electron chi connectivity index (χ1n) is 17.8. The zero-order valence-corrected chi connectivity index (χ0v) is 27.9. The predicted octanol–water partition coefficient (Wildman–Crippen LogP) is 12.9. The van der Waals surface area contributed by atoms with Crippen molar-refractivity contribution < 1.29 is 0 Å². The van der Waals surface area contributed by atoms with Crippen LogP contribution in [0.3, 0.4) is 0 Å². The molecule has 0 spiro atoms. The fraction of sp³-hybridized carbons (Fsp3) is 0.0833. The molecule has 8 aromatic rings. The first-order chi connectivity index (χ1) is 24.8. The van der Waals surface area contributed by atoms with Crippen molar-refractivity contribution in [3.63, 3.8) is 0 Å². The Balaban J connectivity index is 0.936. The van der Waals surface area contributed by atoms with Crippen molar-refractivity contribution in [1.82, 2.24) is 4.40 Å². The molecule has 2 aromatic heterocycles. The maximum Gasteiger partial charge on any atom is 0.0614 e. The Bertz CT molecular complexity index is 2430. The Morgan fingerprint density at radius 2 is 0.780 bits per heavy atom. The van der Waals surface area contributed by atoms with Gasteiger partial charge in [-0.25, -0.2) is 0 Å². The van der Waals surface area contributed by atoms with Crippen molar-refractivity contribution >= 4 is 45.5 Å². The topological polar surface area (TPSA) is 7.65 Å². The lowest BCUT2D eigenvalue weighted by Crippen LogP contribution is -2.09. The average molecular weight is 641 g/mol. The number of fused-ring (bicyclic) bond motifs is 6. The lowest BCUT2D eigenvalue weighted by molar-refractivity contribution is 0.847. The third-order valence-corrected chi connectivity index (χ3v) is 10.7. The molecule has 238 valence electrons. The fourth-order valence-corrected chi connectivity index (χ4v) is 8.26. The predicted molar refractivity (Wildman–Crippen MR) is 212 cm³/mol. The largest absolute Gasteiger partial charge is 0.315 e. The molecular formula is C48H36N2. The summed E-state index contributed by atoms with van der Waals surface area (Å²) in [5.41, 5.74) is 18.1. The molecule has 0 fully saturated rings. The molecule has 2 heteroatoms. The summed E-state index contributed by atoms with van der Waals surface area (Å²) >= 11 is 0. The molecule has 2 aliphatic carbocycles. The quantitative estimate of drug-likeness (QED) is 0.175. The fourth-order valence-electron chi connectivity index (χ4n) is 8.26. The van der Waals surface area contributed by atoms with E-state index in [9.17, 15) is 0 Å². The zero-order chi connectivity index (χ0) is 33.0. The highest BCUT2D eigenvalue weighted by atomic mass is 15.1. The Labute approximate surface area is 293 Å². The molecule has 0 N–H and O–H groups in total. The molecule has 10 rings (SSSR count). The second kappa shape index (κ2) is 11.8. The lowest BCUT2D eigenvalue weighted by atomic mass is 9.93. The van der Waals surface area contributed by atoms with E-state index in [2.05, 4.69) is 179 Å². The van der Waals surface area contributed by atoms with Crippen LogP contribution in [0.5, 0.6) is 0 Å². The first kappa shape index (κ1) is 28.9. The number of para-hydroxylation sites is 2. The number of nitrogens with zero attached hydrogens (tertiary/aromatic N) is 2. The molecule has 0 bridgehead atoms. The van der Waals surface area contributed by atoms with Gasteiger partial charge in [0.25, 0.3) is 0 Å². The van der Waals surface area contributed by atoms with Gasteiger partial charge in [0.1, 0.15) is 0 Å². The number of benzene rings is 6. The molecule has 0 amide bonds. The second-order valence-electron chi connectivity index (χ2n) is 13.6. The molecule has 0 aliphatic heterocycles. The summed E-state index contributed by atoms with van der Waals surface area (Å²) in [5, 5.41) is 2.79. The van der Waals surface area contributed by atoms with E-state index in [0.29, 0.717) is 0 Å². The van der Waals surface area contributed by atoms with Gasteiger partial charge in [0.2, 0.25) is 0 Å². The maximum atomic E-state index is 2.61. The van der Waals surface area contributed by atoms with Gasteiger partial charge in [0.15, 0.2) is 0 Å². The van der Waals surface area contributed by atoms with Gasteiger partial charge in [-0.1, -0.05) is 121 Å². The molecule has 0 saturated carbocycles. The van der Waals surface area contributed by atoms with Gasteiger partial charge in [-0.3, -0.25) is 0 Å². The number of allylic oxidation sites excluding steroid dienone is 2. The number of hydrogen-bond donors (Lipinski definition) is 0. The van der Waals surface area contributed by atoms with Crippen molar-refractivity contribution in [2.45, 2.75) is 25.7 Å². The minimum Gasteiger partial charge on any atom is -0.315 e. The summed E-state index contributed by atoms with van der Waals surface area (Å²) in [6.07, 6.45) is 13.9. The van der Waals surface area contributed by atoms with Gasteiger partial charge in [-0.05, 0) is 108 Å². The molecule has 0 saturated heterocycles. The van der Waals surface area contributed by atoms with Crippen LogP contribution in [-0.4, -0.2) is 4.40 Å². The average Bonchev–Trinajstić information content (AvgIpc) is 3.71. The number of hydrogen-bond acceptors (Lipinski definition) is 1. The summed E-state index contributed by atoms with van der Waals surface area (Å²) in [6.45, 7) is 0. The Morgan fingerprint density at radius 3 is 1.22 bits per heavy atom. The van der Waals surface area contributed by atoms with Crippen molar-refractivity contribution in [2.24, 2.45) is 0 Å². The van der Waals surface area contributed by atoms with E-state index < -0.39 is 0 Å². The van der Waals surface area contributed by atoms with E-state index in [1.807, 2.05) is 0 Å². The third-order valence-electron chi connectivity index (χ3n) is 10.7. The first-order valence-corrected chi connectivity index (χ1v) is 17.8. The molecule has 0 atom stereocenters. The number of aryl methyl sites for hydroxylation is 2. The smallest absolute Gasteiger partial charge is 0.0614 e. The van der Waals surface area contributed by atoms with Gasteiger partial charge >= 0.3 is 0 Å². The summed E-state index contributed by atoms with van der Waals surface area (Å²) in [6, 6.07) is 53.0. The molecule has 0 unspecified atom stereocenters. The molecule has 2 aliphatic rings. The molecule has 6 aromatic carbocycles. The van der Waals surface area contributed by atoms with E-state index in [0.717, 1.165) is 42.7 Å². The normalized spacial score (nSPS) is 13.5.